The van der Waals surface area contributed by atoms with Gasteiger partial charge in [0.05, 0.1) is 5.52 Å². The van der Waals surface area contributed by atoms with Crippen molar-refractivity contribution in [2.45, 2.75) is 25.3 Å². The predicted octanol–water partition coefficient (Wildman–Crippen LogP) is 5.64. The lowest BCUT2D eigenvalue weighted by atomic mass is 9.98. The van der Waals surface area contributed by atoms with Gasteiger partial charge in [0.25, 0.3) is 0 Å². The smallest absolute Gasteiger partial charge is 0.416 e. The number of ether oxygens (including phenoxy) is 1. The van der Waals surface area contributed by atoms with Crippen LogP contribution in [-0.2, 0) is 11.2 Å². The van der Waals surface area contributed by atoms with E-state index in [4.69, 9.17) is 4.74 Å². The monoisotopic (exact) mass is 440 g/mol. The molecule has 0 aliphatic heterocycles. The van der Waals surface area contributed by atoms with Crippen LogP contribution in [0.1, 0.15) is 29.5 Å². The second-order valence-corrected chi connectivity index (χ2v) is 8.40. The lowest BCUT2D eigenvalue weighted by Crippen LogP contribution is -2.35. The van der Waals surface area contributed by atoms with Crippen molar-refractivity contribution in [3.8, 4) is 11.1 Å². The van der Waals surface area contributed by atoms with Gasteiger partial charge in [-0.1, -0.05) is 66.7 Å². The number of benzene rings is 3. The third-order valence-corrected chi connectivity index (χ3v) is 6.23. The van der Waals surface area contributed by atoms with Gasteiger partial charge < -0.3 is 15.2 Å². The summed E-state index contributed by atoms with van der Waals surface area (Å²) in [5, 5.41) is 13.2. The number of amides is 1. The van der Waals surface area contributed by atoms with Gasteiger partial charge in [0, 0.05) is 23.5 Å². The van der Waals surface area contributed by atoms with E-state index in [-0.39, 0.29) is 18.6 Å². The number of carbonyl (C=O) groups is 2. The maximum absolute atomic E-state index is 12.6. The Morgan fingerprint density at radius 2 is 1.58 bits per heavy atom. The van der Waals surface area contributed by atoms with Crippen LogP contribution in [0.5, 0.6) is 0 Å². The first kappa shape index (κ1) is 20.8. The second kappa shape index (κ2) is 8.47. The molecule has 2 N–H and O–H groups in total. The number of carboxylic acid groups (broad SMARTS) is 1. The highest BCUT2D eigenvalue weighted by molar-refractivity contribution is 5.91. The summed E-state index contributed by atoms with van der Waals surface area (Å²) in [7, 11) is 0. The molecule has 0 fully saturated rings. The summed E-state index contributed by atoms with van der Waals surface area (Å²) in [6.45, 7) is 2.14. The van der Waals surface area contributed by atoms with E-state index in [1.165, 1.54) is 26.8 Å². The first-order valence-corrected chi connectivity index (χ1v) is 11.0. The van der Waals surface area contributed by atoms with Gasteiger partial charge in [-0.05, 0) is 47.2 Å². The number of aromatic nitrogens is 1. The van der Waals surface area contributed by atoms with Crippen LogP contribution >= 0.6 is 0 Å². The summed E-state index contributed by atoms with van der Waals surface area (Å²) in [5.41, 5.74) is 6.20. The van der Waals surface area contributed by atoms with Crippen molar-refractivity contribution in [1.82, 2.24) is 9.88 Å². The normalized spacial score (nSPS) is 13.4. The molecule has 6 heteroatoms. The lowest BCUT2D eigenvalue weighted by molar-refractivity contribution is 0.139. The van der Waals surface area contributed by atoms with Gasteiger partial charge in [0.2, 0.25) is 0 Å². The maximum Gasteiger partial charge on any atom is 0.416 e. The number of alkyl carbamates (subject to hydrolysis) is 1. The number of hydrogen-bond acceptors (Lipinski definition) is 3. The SMILES string of the molecule is C[C@H](Cc1cn(C(=O)O)c2ccccc12)NC(=O)OCC1c2ccccc2-c2ccccc21. The molecule has 3 aromatic carbocycles. The van der Waals surface area contributed by atoms with E-state index in [2.05, 4.69) is 29.6 Å². The molecule has 4 aromatic rings. The van der Waals surface area contributed by atoms with Gasteiger partial charge in [0.15, 0.2) is 0 Å². The highest BCUT2D eigenvalue weighted by Crippen LogP contribution is 2.44. The largest absolute Gasteiger partial charge is 0.464 e. The van der Waals surface area contributed by atoms with Gasteiger partial charge in [-0.3, -0.25) is 4.57 Å². The number of fused-ring (bicyclic) bond motifs is 4. The van der Waals surface area contributed by atoms with Crippen molar-refractivity contribution in [1.29, 1.82) is 0 Å². The summed E-state index contributed by atoms with van der Waals surface area (Å²) in [5.74, 6) is 0.00648. The van der Waals surface area contributed by atoms with Crippen molar-refractivity contribution in [2.24, 2.45) is 0 Å². The highest BCUT2D eigenvalue weighted by Gasteiger charge is 2.29. The predicted molar refractivity (Wildman–Crippen MR) is 127 cm³/mol. The number of carbonyl (C=O) groups excluding carboxylic acids is 1. The molecule has 1 amide bonds. The van der Waals surface area contributed by atoms with Gasteiger partial charge in [-0.25, -0.2) is 9.59 Å². The Hall–Kier alpha value is -4.06. The fraction of sp³-hybridized carbons (Fsp3) is 0.185. The first-order chi connectivity index (χ1) is 16.0. The summed E-state index contributed by atoms with van der Waals surface area (Å²) < 4.78 is 6.84. The zero-order valence-electron chi connectivity index (χ0n) is 18.2. The second-order valence-electron chi connectivity index (χ2n) is 8.40. The minimum Gasteiger partial charge on any atom is -0.464 e. The highest BCUT2D eigenvalue weighted by atomic mass is 16.5. The Labute approximate surface area is 191 Å². The Balaban J connectivity index is 1.25. The van der Waals surface area contributed by atoms with Gasteiger partial charge in [0.1, 0.15) is 6.61 Å². The maximum atomic E-state index is 12.6. The number of nitrogens with zero attached hydrogens (tertiary/aromatic N) is 1. The van der Waals surface area contributed by atoms with Crippen molar-refractivity contribution < 1.29 is 19.4 Å². The molecule has 1 atom stereocenters. The molecule has 1 heterocycles. The Kier molecular flexibility index (Phi) is 5.34. The average Bonchev–Trinajstić information content (AvgIpc) is 3.34. The topological polar surface area (TPSA) is 80.6 Å². The molecule has 1 aliphatic rings. The van der Waals surface area contributed by atoms with Crippen LogP contribution in [0.25, 0.3) is 22.0 Å². The van der Waals surface area contributed by atoms with E-state index in [0.717, 1.165) is 10.9 Å². The average molecular weight is 440 g/mol. The van der Waals surface area contributed by atoms with Crippen LogP contribution in [0.15, 0.2) is 79.0 Å². The molecule has 0 bridgehead atoms. The zero-order chi connectivity index (χ0) is 22.9. The third kappa shape index (κ3) is 3.84. The van der Waals surface area contributed by atoms with E-state index in [0.29, 0.717) is 11.9 Å². The summed E-state index contributed by atoms with van der Waals surface area (Å²) in [6, 6.07) is 23.6. The van der Waals surface area contributed by atoms with Crippen molar-refractivity contribution >= 4 is 23.1 Å². The minimum atomic E-state index is -1.03. The summed E-state index contributed by atoms with van der Waals surface area (Å²) >= 11 is 0. The lowest BCUT2D eigenvalue weighted by Gasteiger charge is -2.17. The van der Waals surface area contributed by atoms with E-state index >= 15 is 0 Å². The molecule has 0 radical (unpaired) electrons. The standard InChI is InChI=1S/C27H24N2O4/c1-17(14-18-15-29(27(31)32)25-13-7-6-8-19(18)25)28-26(30)33-16-24-22-11-4-2-9-20(22)21-10-3-5-12-23(21)24/h2-13,15,17,24H,14,16H2,1H3,(H,28,30)(H,31,32)/t17-/m1/s1. The molecular weight excluding hydrogens is 416 g/mol. The number of rotatable bonds is 5. The van der Waals surface area contributed by atoms with Crippen LogP contribution in [0.2, 0.25) is 0 Å². The van der Waals surface area contributed by atoms with Crippen LogP contribution in [-0.4, -0.2) is 34.5 Å². The Morgan fingerprint density at radius 3 is 2.24 bits per heavy atom. The van der Waals surface area contributed by atoms with E-state index in [1.54, 1.807) is 12.3 Å². The molecule has 1 aliphatic carbocycles. The summed E-state index contributed by atoms with van der Waals surface area (Å²) in [6.07, 6.45) is 0.592. The molecule has 0 saturated heterocycles. The fourth-order valence-electron chi connectivity index (χ4n) is 4.79. The number of nitrogens with one attached hydrogen (secondary N) is 1. The van der Waals surface area contributed by atoms with E-state index in [9.17, 15) is 14.7 Å². The van der Waals surface area contributed by atoms with Crippen molar-refractivity contribution in [3.63, 3.8) is 0 Å². The van der Waals surface area contributed by atoms with Crippen molar-refractivity contribution in [2.75, 3.05) is 6.61 Å². The van der Waals surface area contributed by atoms with Crippen LogP contribution < -0.4 is 5.32 Å². The minimum absolute atomic E-state index is 0.00648. The summed E-state index contributed by atoms with van der Waals surface area (Å²) in [4.78, 5) is 24.1. The molecule has 1 aromatic heterocycles. The molecule has 166 valence electrons. The van der Waals surface area contributed by atoms with E-state index in [1.807, 2.05) is 49.4 Å². The van der Waals surface area contributed by atoms with Crippen LogP contribution in [0.3, 0.4) is 0 Å². The first-order valence-electron chi connectivity index (χ1n) is 11.0. The van der Waals surface area contributed by atoms with Gasteiger partial charge in [-0.2, -0.15) is 0 Å². The number of hydrogen-bond donors (Lipinski definition) is 2. The molecule has 5 rings (SSSR count). The Morgan fingerprint density at radius 1 is 0.970 bits per heavy atom. The van der Waals surface area contributed by atoms with Crippen LogP contribution in [0, 0.1) is 0 Å². The number of para-hydroxylation sites is 1. The molecule has 33 heavy (non-hydrogen) atoms. The molecule has 6 nitrogen and oxygen atoms in total. The van der Waals surface area contributed by atoms with Crippen molar-refractivity contribution in [3.05, 3.63) is 95.7 Å². The molecular formula is C27H24N2O4. The Bertz CT molecular complexity index is 1310. The zero-order valence-corrected chi connectivity index (χ0v) is 18.2. The van der Waals surface area contributed by atoms with Crippen LogP contribution in [0.4, 0.5) is 9.59 Å². The van der Waals surface area contributed by atoms with Gasteiger partial charge >= 0.3 is 12.2 Å². The molecule has 0 saturated carbocycles. The molecule has 0 spiro atoms. The van der Waals surface area contributed by atoms with E-state index < -0.39 is 12.2 Å². The fourth-order valence-corrected chi connectivity index (χ4v) is 4.79. The third-order valence-electron chi connectivity index (χ3n) is 6.23. The quantitative estimate of drug-likeness (QED) is 0.421. The van der Waals surface area contributed by atoms with Gasteiger partial charge in [-0.15, -0.1) is 0 Å². The molecule has 0 unspecified atom stereocenters.